The number of aromatic nitrogens is 1. The zero-order chi connectivity index (χ0) is 11.0. The Balaban J connectivity index is 2.23. The zero-order valence-corrected chi connectivity index (χ0v) is 8.05. The summed E-state index contributed by atoms with van der Waals surface area (Å²) in [6.45, 7) is 0.735. The first-order chi connectivity index (χ1) is 7.09. The lowest BCUT2D eigenvalue weighted by Gasteiger charge is -2.40. The van der Waals surface area contributed by atoms with Crippen molar-refractivity contribution in [2.75, 3.05) is 17.2 Å². The van der Waals surface area contributed by atoms with E-state index in [1.165, 1.54) is 12.3 Å². The van der Waals surface area contributed by atoms with E-state index in [-0.39, 0.29) is 23.5 Å². The molecule has 1 atom stereocenters. The maximum absolute atomic E-state index is 11.0. The average molecular weight is 208 g/mol. The third-order valence-corrected chi connectivity index (χ3v) is 2.56. The van der Waals surface area contributed by atoms with Crippen molar-refractivity contribution < 1.29 is 9.90 Å². The van der Waals surface area contributed by atoms with Crippen LogP contribution < -0.4 is 16.4 Å². The van der Waals surface area contributed by atoms with E-state index >= 15 is 0 Å². The van der Waals surface area contributed by atoms with E-state index in [4.69, 9.17) is 11.5 Å². The number of hydrogen-bond acceptors (Lipinski definition) is 5. The average Bonchev–Trinajstić information content (AvgIpc) is 2.08. The van der Waals surface area contributed by atoms with Crippen molar-refractivity contribution in [1.82, 2.24) is 4.98 Å². The topological polar surface area (TPSA) is 105 Å². The van der Waals surface area contributed by atoms with Crippen molar-refractivity contribution in [3.8, 4) is 5.75 Å². The molecule has 1 amide bonds. The Morgan fingerprint density at radius 1 is 1.67 bits per heavy atom. The number of anilines is 2. The van der Waals surface area contributed by atoms with Gasteiger partial charge in [0, 0.05) is 12.6 Å². The summed E-state index contributed by atoms with van der Waals surface area (Å²) in [5, 5.41) is 9.36. The van der Waals surface area contributed by atoms with Gasteiger partial charge in [-0.25, -0.2) is 4.98 Å². The normalized spacial score (nSPS) is 19.7. The van der Waals surface area contributed by atoms with Gasteiger partial charge in [-0.15, -0.1) is 0 Å². The van der Waals surface area contributed by atoms with Crippen molar-refractivity contribution in [2.24, 2.45) is 5.73 Å². The number of carbonyl (C=O) groups is 1. The molecule has 1 aromatic rings. The fourth-order valence-electron chi connectivity index (χ4n) is 1.60. The minimum atomic E-state index is -0.363. The lowest BCUT2D eigenvalue weighted by atomic mass is 10.0. The smallest absolute Gasteiger partial charge is 0.240 e. The summed E-state index contributed by atoms with van der Waals surface area (Å²) in [5.41, 5.74) is 11.2. The Morgan fingerprint density at radius 2 is 2.40 bits per heavy atom. The van der Waals surface area contributed by atoms with Crippen molar-refractivity contribution in [3.63, 3.8) is 0 Å². The molecule has 1 aliphatic heterocycles. The van der Waals surface area contributed by atoms with Crippen LogP contribution in [0, 0.1) is 0 Å². The molecule has 6 nitrogen and oxygen atoms in total. The molecule has 0 aliphatic carbocycles. The Hall–Kier alpha value is -1.98. The van der Waals surface area contributed by atoms with Crippen molar-refractivity contribution in [3.05, 3.63) is 12.3 Å². The number of carbonyl (C=O) groups excluding carboxylic acids is 1. The number of amides is 1. The molecule has 0 radical (unpaired) electrons. The van der Waals surface area contributed by atoms with Crippen LogP contribution in [-0.4, -0.2) is 28.6 Å². The highest BCUT2D eigenvalue weighted by atomic mass is 16.3. The highest BCUT2D eigenvalue weighted by molar-refractivity contribution is 5.85. The molecule has 80 valence electrons. The number of nitrogen functional groups attached to an aromatic ring is 1. The van der Waals surface area contributed by atoms with E-state index in [0.29, 0.717) is 5.69 Å². The predicted molar refractivity (Wildman–Crippen MR) is 55.3 cm³/mol. The second-order valence-corrected chi connectivity index (χ2v) is 3.50. The molecule has 0 bridgehead atoms. The van der Waals surface area contributed by atoms with Gasteiger partial charge in [0.25, 0.3) is 0 Å². The van der Waals surface area contributed by atoms with Gasteiger partial charge in [-0.2, -0.15) is 0 Å². The standard InChI is InChI=1S/C9H12N4O2/c10-8-7(14)3-5(4-12-8)13-2-1-6(13)9(11)15/h3-4,6,14H,1-2H2,(H2,10,12)(H2,11,15). The van der Waals surface area contributed by atoms with Gasteiger partial charge in [-0.1, -0.05) is 0 Å². The van der Waals surface area contributed by atoms with E-state index in [0.717, 1.165) is 13.0 Å². The molecular weight excluding hydrogens is 196 g/mol. The van der Waals surface area contributed by atoms with Crippen LogP contribution in [0.4, 0.5) is 11.5 Å². The van der Waals surface area contributed by atoms with Gasteiger partial charge in [-0.05, 0) is 6.42 Å². The number of nitrogens with two attached hydrogens (primary N) is 2. The Kier molecular flexibility index (Phi) is 2.11. The Labute approximate surface area is 86.5 Å². The zero-order valence-electron chi connectivity index (χ0n) is 8.05. The summed E-state index contributed by atoms with van der Waals surface area (Å²) in [4.78, 5) is 16.6. The van der Waals surface area contributed by atoms with Crippen LogP contribution in [0.5, 0.6) is 5.75 Å². The first-order valence-corrected chi connectivity index (χ1v) is 4.60. The third kappa shape index (κ3) is 1.54. The van der Waals surface area contributed by atoms with Crippen molar-refractivity contribution in [2.45, 2.75) is 12.5 Å². The predicted octanol–water partition coefficient (Wildman–Crippen LogP) is -0.567. The summed E-state index contributed by atoms with van der Waals surface area (Å²) in [6.07, 6.45) is 2.25. The van der Waals surface area contributed by atoms with Crippen molar-refractivity contribution >= 4 is 17.4 Å². The molecule has 6 heteroatoms. The summed E-state index contributed by atoms with van der Waals surface area (Å²) >= 11 is 0. The molecule has 1 unspecified atom stereocenters. The lowest BCUT2D eigenvalue weighted by Crippen LogP contribution is -2.55. The number of rotatable bonds is 2. The summed E-state index contributed by atoms with van der Waals surface area (Å²) < 4.78 is 0. The molecule has 2 heterocycles. The molecule has 15 heavy (non-hydrogen) atoms. The third-order valence-electron chi connectivity index (χ3n) is 2.56. The molecule has 1 fully saturated rings. The minimum absolute atomic E-state index is 0.0786. The van der Waals surface area contributed by atoms with E-state index in [2.05, 4.69) is 4.98 Å². The van der Waals surface area contributed by atoms with Gasteiger partial charge < -0.3 is 21.5 Å². The van der Waals surface area contributed by atoms with E-state index in [1.807, 2.05) is 0 Å². The molecule has 0 aromatic carbocycles. The van der Waals surface area contributed by atoms with Gasteiger partial charge in [-0.3, -0.25) is 4.79 Å². The Morgan fingerprint density at radius 3 is 2.87 bits per heavy atom. The van der Waals surface area contributed by atoms with Crippen LogP contribution in [-0.2, 0) is 4.79 Å². The van der Waals surface area contributed by atoms with Crippen molar-refractivity contribution in [1.29, 1.82) is 0 Å². The fraction of sp³-hybridized carbons (Fsp3) is 0.333. The highest BCUT2D eigenvalue weighted by Gasteiger charge is 2.33. The van der Waals surface area contributed by atoms with Gasteiger partial charge in [0.05, 0.1) is 11.9 Å². The SMILES string of the molecule is NC(=O)C1CCN1c1cnc(N)c(O)c1. The maximum atomic E-state index is 11.0. The van der Waals surface area contributed by atoms with E-state index in [1.54, 1.807) is 4.90 Å². The van der Waals surface area contributed by atoms with Crippen LogP contribution >= 0.6 is 0 Å². The number of pyridine rings is 1. The van der Waals surface area contributed by atoms with Crippen LogP contribution in [0.1, 0.15) is 6.42 Å². The van der Waals surface area contributed by atoms with Crippen LogP contribution in [0.15, 0.2) is 12.3 Å². The van der Waals surface area contributed by atoms with Gasteiger partial charge in [0.2, 0.25) is 5.91 Å². The molecule has 1 aromatic heterocycles. The second kappa shape index (κ2) is 3.30. The van der Waals surface area contributed by atoms with E-state index < -0.39 is 0 Å². The molecular formula is C9H12N4O2. The van der Waals surface area contributed by atoms with Gasteiger partial charge in [0.1, 0.15) is 6.04 Å². The van der Waals surface area contributed by atoms with Crippen LogP contribution in [0.25, 0.3) is 0 Å². The number of primary amides is 1. The van der Waals surface area contributed by atoms with Crippen LogP contribution in [0.3, 0.4) is 0 Å². The monoisotopic (exact) mass is 208 g/mol. The second-order valence-electron chi connectivity index (χ2n) is 3.50. The molecule has 1 saturated heterocycles. The largest absolute Gasteiger partial charge is 0.504 e. The molecule has 1 aliphatic rings. The summed E-state index contributed by atoms with van der Waals surface area (Å²) in [7, 11) is 0. The van der Waals surface area contributed by atoms with Gasteiger partial charge >= 0.3 is 0 Å². The molecule has 2 rings (SSSR count). The summed E-state index contributed by atoms with van der Waals surface area (Å²) in [6, 6.07) is 1.19. The first-order valence-electron chi connectivity index (χ1n) is 4.60. The number of nitrogens with zero attached hydrogens (tertiary/aromatic N) is 2. The molecule has 0 spiro atoms. The maximum Gasteiger partial charge on any atom is 0.240 e. The molecule has 5 N–H and O–H groups in total. The minimum Gasteiger partial charge on any atom is -0.504 e. The quantitative estimate of drug-likeness (QED) is 0.603. The number of aromatic hydroxyl groups is 1. The summed E-state index contributed by atoms with van der Waals surface area (Å²) in [5.74, 6) is -0.366. The Bertz CT molecular complexity index is 407. The highest BCUT2D eigenvalue weighted by Crippen LogP contribution is 2.30. The number of hydrogen-bond donors (Lipinski definition) is 3. The molecule has 0 saturated carbocycles. The van der Waals surface area contributed by atoms with Gasteiger partial charge in [0.15, 0.2) is 11.6 Å². The fourth-order valence-corrected chi connectivity index (χ4v) is 1.60. The van der Waals surface area contributed by atoms with E-state index in [9.17, 15) is 9.90 Å². The first kappa shape index (κ1) is 9.57. The van der Waals surface area contributed by atoms with Crippen LogP contribution in [0.2, 0.25) is 0 Å². The lowest BCUT2D eigenvalue weighted by molar-refractivity contribution is -0.120.